The van der Waals surface area contributed by atoms with E-state index in [0.717, 1.165) is 17.7 Å². The van der Waals surface area contributed by atoms with Crippen molar-refractivity contribution in [3.63, 3.8) is 0 Å². The van der Waals surface area contributed by atoms with Crippen LogP contribution in [0.5, 0.6) is 0 Å². The van der Waals surface area contributed by atoms with E-state index in [1.54, 1.807) is 24.3 Å². The molecule has 1 amide bonds. The third-order valence-electron chi connectivity index (χ3n) is 4.41. The first kappa shape index (κ1) is 26.2. The van der Waals surface area contributed by atoms with Gasteiger partial charge in [0.2, 0.25) is 0 Å². The van der Waals surface area contributed by atoms with Crippen LogP contribution in [0.2, 0.25) is 0 Å². The highest BCUT2D eigenvalue weighted by Gasteiger charge is 2.30. The first-order valence-corrected chi connectivity index (χ1v) is 9.97. The minimum Gasteiger partial charge on any atom is -0.459 e. The number of amides is 1. The zero-order chi connectivity index (χ0) is 23.0. The van der Waals surface area contributed by atoms with Crippen molar-refractivity contribution in [1.29, 1.82) is 0 Å². The van der Waals surface area contributed by atoms with E-state index in [2.05, 4.69) is 20.9 Å². The Morgan fingerprint density at radius 1 is 1.00 bits per heavy atom. The molecule has 0 bridgehead atoms. The van der Waals surface area contributed by atoms with Gasteiger partial charge in [-0.3, -0.25) is 4.79 Å². The molecule has 0 aliphatic rings. The van der Waals surface area contributed by atoms with E-state index in [9.17, 15) is 18.0 Å². The lowest BCUT2D eigenvalue weighted by Gasteiger charge is -2.13. The number of anilines is 1. The molecule has 0 radical (unpaired) electrons. The molecule has 0 atom stereocenters. The molecule has 2 aromatic carbocycles. The zero-order valence-electron chi connectivity index (χ0n) is 17.8. The molecule has 3 rings (SSSR count). The fourth-order valence-corrected chi connectivity index (χ4v) is 2.90. The Morgan fingerprint density at radius 3 is 2.45 bits per heavy atom. The summed E-state index contributed by atoms with van der Waals surface area (Å²) in [5.74, 6) is 0.329. The Morgan fingerprint density at radius 2 is 1.76 bits per heavy atom. The Balaban J connectivity index is 0.00000385. The molecule has 33 heavy (non-hydrogen) atoms. The van der Waals surface area contributed by atoms with Crippen molar-refractivity contribution in [3.8, 4) is 0 Å². The molecule has 3 N–H and O–H groups in total. The molecule has 1 heterocycles. The third kappa shape index (κ3) is 8.12. The van der Waals surface area contributed by atoms with Crippen molar-refractivity contribution < 1.29 is 22.4 Å². The third-order valence-corrected chi connectivity index (χ3v) is 4.41. The number of guanidine groups is 1. The first-order chi connectivity index (χ1) is 15.3. The average Bonchev–Trinajstić information content (AvgIpc) is 3.31. The highest BCUT2D eigenvalue weighted by Crippen LogP contribution is 2.29. The SMILES string of the molecule is CCNC(=NCc1cccc(C(F)(F)F)c1)NCc1cccc(NC(=O)c2ccco2)c1.I. The molecule has 0 aliphatic carbocycles. The number of nitrogens with zero attached hydrogens (tertiary/aromatic N) is 1. The lowest BCUT2D eigenvalue weighted by atomic mass is 10.1. The Hall–Kier alpha value is -3.02. The van der Waals surface area contributed by atoms with Gasteiger partial charge in [-0.2, -0.15) is 13.2 Å². The number of rotatable bonds is 7. The molecular weight excluding hydrogens is 548 g/mol. The minimum absolute atomic E-state index is 0. The molecule has 1 aromatic heterocycles. The second kappa shape index (κ2) is 12.3. The van der Waals surface area contributed by atoms with Crippen LogP contribution in [-0.2, 0) is 19.3 Å². The molecule has 3 aromatic rings. The van der Waals surface area contributed by atoms with Crippen LogP contribution in [0, 0.1) is 0 Å². The first-order valence-electron chi connectivity index (χ1n) is 9.97. The second-order valence-corrected chi connectivity index (χ2v) is 6.88. The summed E-state index contributed by atoms with van der Waals surface area (Å²) in [4.78, 5) is 16.5. The molecule has 176 valence electrons. The van der Waals surface area contributed by atoms with Gasteiger partial charge in [0.15, 0.2) is 11.7 Å². The topological polar surface area (TPSA) is 78.7 Å². The summed E-state index contributed by atoms with van der Waals surface area (Å²) in [6, 6.07) is 15.6. The van der Waals surface area contributed by atoms with E-state index in [1.807, 2.05) is 25.1 Å². The predicted molar refractivity (Wildman–Crippen MR) is 132 cm³/mol. The maximum Gasteiger partial charge on any atom is 0.416 e. The number of hydrogen-bond donors (Lipinski definition) is 3. The summed E-state index contributed by atoms with van der Waals surface area (Å²) >= 11 is 0. The van der Waals surface area contributed by atoms with E-state index in [1.165, 1.54) is 12.3 Å². The molecule has 0 saturated carbocycles. The van der Waals surface area contributed by atoms with E-state index in [-0.39, 0.29) is 42.2 Å². The van der Waals surface area contributed by atoms with Crippen LogP contribution in [0.3, 0.4) is 0 Å². The Bertz CT molecular complexity index is 1070. The van der Waals surface area contributed by atoms with Crippen molar-refractivity contribution in [3.05, 3.63) is 89.4 Å². The molecule has 0 unspecified atom stereocenters. The largest absolute Gasteiger partial charge is 0.459 e. The summed E-state index contributed by atoms with van der Waals surface area (Å²) < 4.78 is 43.8. The van der Waals surface area contributed by atoms with Gasteiger partial charge in [0.05, 0.1) is 18.4 Å². The fraction of sp³-hybridized carbons (Fsp3) is 0.217. The number of nitrogens with one attached hydrogen (secondary N) is 3. The highest BCUT2D eigenvalue weighted by atomic mass is 127. The standard InChI is InChI=1S/C23H23F3N4O2.HI/c1-2-27-22(28-14-16-6-3-8-18(12-16)23(24,25)26)29-15-17-7-4-9-19(13-17)30-21(31)20-10-5-11-32-20;/h3-13H,2,14-15H2,1H3,(H,30,31)(H2,27,28,29);1H. The lowest BCUT2D eigenvalue weighted by Crippen LogP contribution is -2.36. The van der Waals surface area contributed by atoms with Gasteiger partial charge in [-0.25, -0.2) is 4.99 Å². The van der Waals surface area contributed by atoms with Crippen molar-refractivity contribution >= 4 is 41.5 Å². The molecule has 0 spiro atoms. The summed E-state index contributed by atoms with van der Waals surface area (Å²) in [6.45, 7) is 2.98. The number of carbonyl (C=O) groups is 1. The van der Waals surface area contributed by atoms with Crippen LogP contribution in [0.4, 0.5) is 18.9 Å². The van der Waals surface area contributed by atoms with Crippen LogP contribution in [0.25, 0.3) is 0 Å². The van der Waals surface area contributed by atoms with Crippen molar-refractivity contribution in [2.24, 2.45) is 4.99 Å². The van der Waals surface area contributed by atoms with Crippen molar-refractivity contribution in [1.82, 2.24) is 10.6 Å². The second-order valence-electron chi connectivity index (χ2n) is 6.88. The van der Waals surface area contributed by atoms with Crippen LogP contribution >= 0.6 is 24.0 Å². The normalized spacial score (nSPS) is 11.5. The van der Waals surface area contributed by atoms with Gasteiger partial charge in [0.25, 0.3) is 5.91 Å². The van der Waals surface area contributed by atoms with E-state index >= 15 is 0 Å². The Kier molecular flexibility index (Phi) is 9.76. The van der Waals surface area contributed by atoms with Gasteiger partial charge in [-0.05, 0) is 54.4 Å². The number of carbonyl (C=O) groups excluding carboxylic acids is 1. The highest BCUT2D eigenvalue weighted by molar-refractivity contribution is 14.0. The molecule has 0 saturated heterocycles. The maximum atomic E-state index is 12.9. The Labute approximate surface area is 206 Å². The summed E-state index contributed by atoms with van der Waals surface area (Å²) in [6.07, 6.45) is -2.96. The van der Waals surface area contributed by atoms with Crippen LogP contribution in [0.15, 0.2) is 76.3 Å². The number of halogens is 4. The van der Waals surface area contributed by atoms with Gasteiger partial charge < -0.3 is 20.4 Å². The summed E-state index contributed by atoms with van der Waals surface area (Å²) in [5.41, 5.74) is 1.25. The molecule has 6 nitrogen and oxygen atoms in total. The van der Waals surface area contributed by atoms with Gasteiger partial charge in [0, 0.05) is 18.8 Å². The molecule has 0 aliphatic heterocycles. The van der Waals surface area contributed by atoms with Gasteiger partial charge in [0.1, 0.15) is 0 Å². The summed E-state index contributed by atoms with van der Waals surface area (Å²) in [5, 5.41) is 8.98. The predicted octanol–water partition coefficient (Wildman–Crippen LogP) is 5.42. The number of benzene rings is 2. The minimum atomic E-state index is -4.39. The number of aliphatic imine (C=N–C) groups is 1. The molecule has 0 fully saturated rings. The van der Waals surface area contributed by atoms with Crippen LogP contribution in [0.1, 0.15) is 34.2 Å². The lowest BCUT2D eigenvalue weighted by molar-refractivity contribution is -0.137. The fourth-order valence-electron chi connectivity index (χ4n) is 2.90. The quantitative estimate of drug-likeness (QED) is 0.201. The van der Waals surface area contributed by atoms with Crippen molar-refractivity contribution in [2.45, 2.75) is 26.2 Å². The monoisotopic (exact) mass is 572 g/mol. The van der Waals surface area contributed by atoms with Crippen LogP contribution in [-0.4, -0.2) is 18.4 Å². The zero-order valence-corrected chi connectivity index (χ0v) is 20.1. The molecule has 10 heteroatoms. The van der Waals surface area contributed by atoms with Gasteiger partial charge >= 0.3 is 6.18 Å². The smallest absolute Gasteiger partial charge is 0.416 e. The number of alkyl halides is 3. The number of hydrogen-bond acceptors (Lipinski definition) is 3. The van der Waals surface area contributed by atoms with Crippen molar-refractivity contribution in [2.75, 3.05) is 11.9 Å². The summed E-state index contributed by atoms with van der Waals surface area (Å²) in [7, 11) is 0. The van der Waals surface area contributed by atoms with E-state index < -0.39 is 11.7 Å². The maximum absolute atomic E-state index is 12.9. The van der Waals surface area contributed by atoms with E-state index in [4.69, 9.17) is 4.42 Å². The molecular formula is C23H24F3IN4O2. The van der Waals surface area contributed by atoms with Crippen LogP contribution < -0.4 is 16.0 Å². The van der Waals surface area contributed by atoms with Gasteiger partial charge in [-0.1, -0.05) is 24.3 Å². The van der Waals surface area contributed by atoms with Gasteiger partial charge in [-0.15, -0.1) is 24.0 Å². The number of furan rings is 1. The van der Waals surface area contributed by atoms with E-state index in [0.29, 0.717) is 30.3 Å². The average molecular weight is 572 g/mol.